The van der Waals surface area contributed by atoms with Crippen LogP contribution < -0.4 is 21.5 Å². The molecule has 1 aliphatic heterocycles. The van der Waals surface area contributed by atoms with E-state index in [0.29, 0.717) is 17.9 Å². The fourth-order valence-corrected chi connectivity index (χ4v) is 2.74. The van der Waals surface area contributed by atoms with Crippen molar-refractivity contribution in [2.24, 2.45) is 0 Å². The first-order chi connectivity index (χ1) is 9.25. The molecule has 1 aromatic rings. The van der Waals surface area contributed by atoms with Gasteiger partial charge in [-0.25, -0.2) is 4.98 Å². The number of nitrogens with two attached hydrogens (primary N) is 1. The van der Waals surface area contributed by atoms with Gasteiger partial charge in [-0.1, -0.05) is 6.42 Å². The quantitative estimate of drug-likeness (QED) is 0.735. The Hall–Kier alpha value is -1.56. The largest absolute Gasteiger partial charge is 0.391 e. The van der Waals surface area contributed by atoms with Crippen LogP contribution in [0.5, 0.6) is 0 Å². The minimum absolute atomic E-state index is 0.241. The molecule has 2 heterocycles. The van der Waals surface area contributed by atoms with Gasteiger partial charge in [-0.15, -0.1) is 0 Å². The summed E-state index contributed by atoms with van der Waals surface area (Å²) in [6, 6.07) is 0.982. The van der Waals surface area contributed by atoms with Gasteiger partial charge in [-0.2, -0.15) is 0 Å². The Morgan fingerprint density at radius 3 is 2.89 bits per heavy atom. The molecule has 2 aliphatic rings. The Morgan fingerprint density at radius 2 is 2.21 bits per heavy atom. The van der Waals surface area contributed by atoms with Crippen LogP contribution in [0.3, 0.4) is 0 Å². The molecule has 104 valence electrons. The van der Waals surface area contributed by atoms with Crippen molar-refractivity contribution in [2.75, 3.05) is 23.7 Å². The van der Waals surface area contributed by atoms with E-state index < -0.39 is 0 Å². The third-order valence-electron chi connectivity index (χ3n) is 3.96. The van der Waals surface area contributed by atoms with Crippen LogP contribution in [0.2, 0.25) is 0 Å². The van der Waals surface area contributed by atoms with Gasteiger partial charge in [0.1, 0.15) is 5.69 Å². The standard InChI is InChI=1S/C13H21N5O/c14-11-12(16-8-17-13(11)19)18(10-4-5-10)7-9-3-1-2-6-15-9/h8-10,15H,1-7,14H2,(H,16,17,19). The lowest BCUT2D eigenvalue weighted by Gasteiger charge is -2.31. The normalized spacial score (nSPS) is 23.3. The van der Waals surface area contributed by atoms with E-state index in [1.165, 1.54) is 38.4 Å². The maximum Gasteiger partial charge on any atom is 0.276 e. The molecule has 2 fully saturated rings. The molecule has 0 spiro atoms. The Morgan fingerprint density at radius 1 is 1.37 bits per heavy atom. The van der Waals surface area contributed by atoms with Crippen LogP contribution in [-0.2, 0) is 0 Å². The predicted octanol–water partition coefficient (Wildman–Crippen LogP) is 0.463. The van der Waals surface area contributed by atoms with Crippen LogP contribution in [-0.4, -0.2) is 35.1 Å². The Balaban J connectivity index is 1.80. The fourth-order valence-electron chi connectivity index (χ4n) is 2.74. The molecule has 1 unspecified atom stereocenters. The summed E-state index contributed by atoms with van der Waals surface area (Å²) in [6.07, 6.45) is 7.49. The number of nitrogens with one attached hydrogen (secondary N) is 2. The highest BCUT2D eigenvalue weighted by Gasteiger charge is 2.33. The molecule has 0 amide bonds. The van der Waals surface area contributed by atoms with Crippen molar-refractivity contribution >= 4 is 11.5 Å². The Labute approximate surface area is 112 Å². The van der Waals surface area contributed by atoms with Crippen molar-refractivity contribution in [1.82, 2.24) is 15.3 Å². The zero-order valence-corrected chi connectivity index (χ0v) is 11.1. The highest BCUT2D eigenvalue weighted by molar-refractivity contribution is 5.62. The summed E-state index contributed by atoms with van der Waals surface area (Å²) in [5, 5.41) is 3.54. The molecule has 1 aliphatic carbocycles. The van der Waals surface area contributed by atoms with Crippen molar-refractivity contribution in [3.63, 3.8) is 0 Å². The van der Waals surface area contributed by atoms with Crippen molar-refractivity contribution in [2.45, 2.75) is 44.2 Å². The van der Waals surface area contributed by atoms with Crippen LogP contribution in [0.15, 0.2) is 11.1 Å². The molecular weight excluding hydrogens is 242 g/mol. The van der Waals surface area contributed by atoms with E-state index in [2.05, 4.69) is 20.2 Å². The number of hydrogen-bond acceptors (Lipinski definition) is 5. The van der Waals surface area contributed by atoms with E-state index >= 15 is 0 Å². The van der Waals surface area contributed by atoms with E-state index in [-0.39, 0.29) is 11.2 Å². The zero-order valence-electron chi connectivity index (χ0n) is 11.1. The molecule has 1 aromatic heterocycles. The van der Waals surface area contributed by atoms with Crippen LogP contribution in [0.1, 0.15) is 32.1 Å². The molecule has 0 radical (unpaired) electrons. The minimum Gasteiger partial charge on any atom is -0.391 e. The Kier molecular flexibility index (Phi) is 3.42. The summed E-state index contributed by atoms with van der Waals surface area (Å²) in [5.41, 5.74) is 5.88. The van der Waals surface area contributed by atoms with Crippen LogP contribution in [0, 0.1) is 0 Å². The molecule has 4 N–H and O–H groups in total. The second kappa shape index (κ2) is 5.21. The van der Waals surface area contributed by atoms with Crippen molar-refractivity contribution < 1.29 is 0 Å². The summed E-state index contributed by atoms with van der Waals surface area (Å²) in [5.74, 6) is 0.652. The van der Waals surface area contributed by atoms with Gasteiger partial charge in [0, 0.05) is 18.6 Å². The second-order valence-electron chi connectivity index (χ2n) is 5.50. The minimum atomic E-state index is -0.243. The molecule has 1 saturated heterocycles. The van der Waals surface area contributed by atoms with E-state index in [1.807, 2.05) is 0 Å². The summed E-state index contributed by atoms with van der Waals surface area (Å²) in [6.45, 7) is 1.98. The van der Waals surface area contributed by atoms with Gasteiger partial charge >= 0.3 is 0 Å². The predicted molar refractivity (Wildman–Crippen MR) is 75.3 cm³/mol. The lowest BCUT2D eigenvalue weighted by Crippen LogP contribution is -2.45. The SMILES string of the molecule is Nc1c(N(CC2CCCCN2)C2CC2)nc[nH]c1=O. The van der Waals surface area contributed by atoms with Gasteiger partial charge in [0.2, 0.25) is 0 Å². The fraction of sp³-hybridized carbons (Fsp3) is 0.692. The number of H-pyrrole nitrogens is 1. The van der Waals surface area contributed by atoms with Crippen LogP contribution >= 0.6 is 0 Å². The van der Waals surface area contributed by atoms with Gasteiger partial charge in [0.05, 0.1) is 6.33 Å². The molecule has 6 heteroatoms. The maximum atomic E-state index is 11.6. The first kappa shape index (κ1) is 12.5. The number of aromatic amines is 1. The number of nitrogen functional groups attached to an aromatic ring is 1. The number of anilines is 2. The zero-order chi connectivity index (χ0) is 13.2. The number of aromatic nitrogens is 2. The highest BCUT2D eigenvalue weighted by Crippen LogP contribution is 2.32. The van der Waals surface area contributed by atoms with Crippen molar-refractivity contribution in [3.8, 4) is 0 Å². The molecule has 6 nitrogen and oxygen atoms in total. The smallest absolute Gasteiger partial charge is 0.276 e. The van der Waals surface area contributed by atoms with Crippen LogP contribution in [0.25, 0.3) is 0 Å². The van der Waals surface area contributed by atoms with Crippen molar-refractivity contribution in [1.29, 1.82) is 0 Å². The van der Waals surface area contributed by atoms with Gasteiger partial charge in [-0.3, -0.25) is 4.79 Å². The van der Waals surface area contributed by atoms with Gasteiger partial charge in [-0.05, 0) is 32.2 Å². The lowest BCUT2D eigenvalue weighted by atomic mass is 10.0. The third-order valence-corrected chi connectivity index (χ3v) is 3.96. The maximum absolute atomic E-state index is 11.6. The summed E-state index contributed by atoms with van der Waals surface area (Å²) < 4.78 is 0. The third kappa shape index (κ3) is 2.73. The first-order valence-electron chi connectivity index (χ1n) is 7.09. The van der Waals surface area contributed by atoms with Crippen LogP contribution in [0.4, 0.5) is 11.5 Å². The molecule has 3 rings (SSSR count). The average Bonchev–Trinajstić information content (AvgIpc) is 3.25. The molecule has 1 saturated carbocycles. The Bertz CT molecular complexity index is 490. The van der Waals surface area contributed by atoms with Gasteiger partial charge in [0.15, 0.2) is 5.82 Å². The number of piperidine rings is 1. The molecule has 0 bridgehead atoms. The van der Waals surface area contributed by atoms with Gasteiger partial charge < -0.3 is 20.9 Å². The highest BCUT2D eigenvalue weighted by atomic mass is 16.1. The van der Waals surface area contributed by atoms with E-state index in [9.17, 15) is 4.79 Å². The topological polar surface area (TPSA) is 87.0 Å². The molecule has 19 heavy (non-hydrogen) atoms. The average molecular weight is 263 g/mol. The second-order valence-corrected chi connectivity index (χ2v) is 5.50. The summed E-state index contributed by atoms with van der Waals surface area (Å²) in [7, 11) is 0. The van der Waals surface area contributed by atoms with E-state index in [4.69, 9.17) is 5.73 Å². The monoisotopic (exact) mass is 263 g/mol. The summed E-state index contributed by atoms with van der Waals surface area (Å²) >= 11 is 0. The van der Waals surface area contributed by atoms with Gasteiger partial charge in [0.25, 0.3) is 5.56 Å². The number of hydrogen-bond donors (Lipinski definition) is 3. The number of nitrogens with zero attached hydrogens (tertiary/aromatic N) is 2. The molecule has 1 atom stereocenters. The molecule has 0 aromatic carbocycles. The number of rotatable bonds is 4. The lowest BCUT2D eigenvalue weighted by molar-refractivity contribution is 0.398. The summed E-state index contributed by atoms with van der Waals surface area (Å²) in [4.78, 5) is 20.6. The van der Waals surface area contributed by atoms with Crippen molar-refractivity contribution in [3.05, 3.63) is 16.7 Å². The first-order valence-corrected chi connectivity index (χ1v) is 7.09. The molecular formula is C13H21N5O. The van der Waals surface area contributed by atoms with E-state index in [0.717, 1.165) is 13.1 Å². The van der Waals surface area contributed by atoms with E-state index in [1.54, 1.807) is 0 Å².